The molecular weight excluding hydrogens is 242 g/mol. The van der Waals surface area contributed by atoms with Gasteiger partial charge in [-0.15, -0.1) is 0 Å². The van der Waals surface area contributed by atoms with Gasteiger partial charge in [0.2, 0.25) is 0 Å². The zero-order valence-corrected chi connectivity index (χ0v) is 11.4. The third-order valence-corrected chi connectivity index (χ3v) is 5.05. The number of rotatable bonds is 7. The lowest BCUT2D eigenvalue weighted by Crippen LogP contribution is -2.46. The van der Waals surface area contributed by atoms with Crippen LogP contribution in [-0.2, 0) is 14.6 Å². The zero-order chi connectivity index (χ0) is 12.9. The van der Waals surface area contributed by atoms with Crippen molar-refractivity contribution in [3.05, 3.63) is 0 Å². The van der Waals surface area contributed by atoms with Gasteiger partial charge < -0.3 is 15.2 Å². The summed E-state index contributed by atoms with van der Waals surface area (Å²) in [5.41, 5.74) is -0.853. The minimum atomic E-state index is -2.94. The van der Waals surface area contributed by atoms with Crippen LogP contribution in [0.3, 0.4) is 0 Å². The lowest BCUT2D eigenvalue weighted by atomic mass is 9.97. The van der Waals surface area contributed by atoms with E-state index in [0.29, 0.717) is 32.5 Å². The van der Waals surface area contributed by atoms with Crippen LogP contribution >= 0.6 is 0 Å². The van der Waals surface area contributed by atoms with Crippen LogP contribution in [0.25, 0.3) is 0 Å². The van der Waals surface area contributed by atoms with Crippen molar-refractivity contribution in [2.45, 2.75) is 38.4 Å². The molecule has 0 amide bonds. The molecule has 0 aromatic heterocycles. The van der Waals surface area contributed by atoms with Gasteiger partial charge in [-0.05, 0) is 13.3 Å². The fraction of sp³-hybridized carbons (Fsp3) is 1.00. The van der Waals surface area contributed by atoms with E-state index in [-0.39, 0.29) is 17.6 Å². The summed E-state index contributed by atoms with van der Waals surface area (Å²) in [7, 11) is -2.94. The van der Waals surface area contributed by atoms with Crippen molar-refractivity contribution < 1.29 is 18.3 Å². The van der Waals surface area contributed by atoms with Gasteiger partial charge in [0, 0.05) is 31.9 Å². The largest absolute Gasteiger partial charge is 0.386 e. The van der Waals surface area contributed by atoms with E-state index in [9.17, 15) is 13.5 Å². The lowest BCUT2D eigenvalue weighted by molar-refractivity contribution is -0.0257. The van der Waals surface area contributed by atoms with Crippen molar-refractivity contribution in [2.75, 3.05) is 31.2 Å². The molecular formula is C11H23NO4S. The fourth-order valence-corrected chi connectivity index (χ4v) is 3.23. The Bertz CT molecular complexity index is 330. The highest BCUT2D eigenvalue weighted by Gasteiger charge is 2.38. The SMILES string of the molecule is CCCS(=O)(=O)CCNCC1(O)CCOC1C. The Morgan fingerprint density at radius 1 is 1.47 bits per heavy atom. The summed E-state index contributed by atoms with van der Waals surface area (Å²) < 4.78 is 28.2. The van der Waals surface area contributed by atoms with Gasteiger partial charge >= 0.3 is 0 Å². The minimum Gasteiger partial charge on any atom is -0.386 e. The van der Waals surface area contributed by atoms with Crippen LogP contribution in [-0.4, -0.2) is 56.4 Å². The molecule has 6 heteroatoms. The first-order valence-electron chi connectivity index (χ1n) is 6.15. The quantitative estimate of drug-likeness (QED) is 0.631. The summed E-state index contributed by atoms with van der Waals surface area (Å²) in [6.07, 6.45) is 1.06. The third kappa shape index (κ3) is 4.54. The number of hydrogen-bond donors (Lipinski definition) is 2. The number of ether oxygens (including phenoxy) is 1. The number of sulfone groups is 1. The maximum atomic E-state index is 11.4. The standard InChI is InChI=1S/C11H23NO4S/c1-3-7-17(14,15)8-5-12-9-11(13)4-6-16-10(11)2/h10,12-13H,3-9H2,1-2H3. The molecule has 0 aliphatic carbocycles. The molecule has 17 heavy (non-hydrogen) atoms. The van der Waals surface area contributed by atoms with Gasteiger partial charge in [-0.2, -0.15) is 0 Å². The van der Waals surface area contributed by atoms with Crippen LogP contribution in [0.15, 0.2) is 0 Å². The Hall–Kier alpha value is -0.170. The van der Waals surface area contributed by atoms with Crippen LogP contribution in [0.2, 0.25) is 0 Å². The highest BCUT2D eigenvalue weighted by atomic mass is 32.2. The van der Waals surface area contributed by atoms with E-state index in [2.05, 4.69) is 5.32 Å². The molecule has 2 unspecified atom stereocenters. The predicted molar refractivity (Wildman–Crippen MR) is 66.8 cm³/mol. The summed E-state index contributed by atoms with van der Waals surface area (Å²) >= 11 is 0. The summed E-state index contributed by atoms with van der Waals surface area (Å²) in [6.45, 7) is 5.02. The Balaban J connectivity index is 2.24. The van der Waals surface area contributed by atoms with Crippen molar-refractivity contribution in [1.29, 1.82) is 0 Å². The maximum absolute atomic E-state index is 11.4. The highest BCUT2D eigenvalue weighted by molar-refractivity contribution is 7.91. The van der Waals surface area contributed by atoms with Crippen molar-refractivity contribution in [1.82, 2.24) is 5.32 Å². The molecule has 0 aromatic carbocycles. The smallest absolute Gasteiger partial charge is 0.151 e. The number of nitrogens with one attached hydrogen (secondary N) is 1. The normalized spacial score (nSPS) is 29.7. The molecule has 0 radical (unpaired) electrons. The van der Waals surface area contributed by atoms with Gasteiger partial charge in [0.15, 0.2) is 9.84 Å². The first-order valence-corrected chi connectivity index (χ1v) is 7.97. The molecule has 102 valence electrons. The Morgan fingerprint density at radius 2 is 2.18 bits per heavy atom. The molecule has 5 nitrogen and oxygen atoms in total. The highest BCUT2D eigenvalue weighted by Crippen LogP contribution is 2.24. The van der Waals surface area contributed by atoms with E-state index >= 15 is 0 Å². The van der Waals surface area contributed by atoms with Crippen molar-refractivity contribution in [2.24, 2.45) is 0 Å². The molecule has 0 bridgehead atoms. The molecule has 0 saturated carbocycles. The van der Waals surface area contributed by atoms with E-state index < -0.39 is 15.4 Å². The van der Waals surface area contributed by atoms with Crippen LogP contribution in [0, 0.1) is 0 Å². The van der Waals surface area contributed by atoms with Gasteiger partial charge in [-0.3, -0.25) is 0 Å². The molecule has 0 aromatic rings. The summed E-state index contributed by atoms with van der Waals surface area (Å²) in [6, 6.07) is 0. The second kappa shape index (κ2) is 6.13. The molecule has 1 aliphatic rings. The van der Waals surface area contributed by atoms with Crippen LogP contribution in [0.5, 0.6) is 0 Å². The Morgan fingerprint density at radius 3 is 2.71 bits per heavy atom. The molecule has 1 saturated heterocycles. The van der Waals surface area contributed by atoms with Gasteiger partial charge in [0.25, 0.3) is 0 Å². The van der Waals surface area contributed by atoms with Crippen LogP contribution < -0.4 is 5.32 Å². The van der Waals surface area contributed by atoms with E-state index in [1.807, 2.05) is 13.8 Å². The van der Waals surface area contributed by atoms with E-state index in [0.717, 1.165) is 0 Å². The average Bonchev–Trinajstić information content (AvgIpc) is 2.55. The first-order chi connectivity index (χ1) is 7.90. The van der Waals surface area contributed by atoms with E-state index in [1.54, 1.807) is 0 Å². The molecule has 1 heterocycles. The molecule has 1 rings (SSSR count). The summed E-state index contributed by atoms with van der Waals surface area (Å²) in [5.74, 6) is 0.366. The van der Waals surface area contributed by atoms with E-state index in [4.69, 9.17) is 4.74 Å². The van der Waals surface area contributed by atoms with Crippen molar-refractivity contribution in [3.8, 4) is 0 Å². The summed E-state index contributed by atoms with van der Waals surface area (Å²) in [4.78, 5) is 0. The Kier molecular flexibility index (Phi) is 5.37. The van der Waals surface area contributed by atoms with Gasteiger partial charge in [-0.25, -0.2) is 8.42 Å². The molecule has 2 N–H and O–H groups in total. The summed E-state index contributed by atoms with van der Waals surface area (Å²) in [5, 5.41) is 13.2. The molecule has 1 aliphatic heterocycles. The molecule has 2 atom stereocenters. The van der Waals surface area contributed by atoms with E-state index in [1.165, 1.54) is 0 Å². The van der Waals surface area contributed by atoms with Crippen molar-refractivity contribution in [3.63, 3.8) is 0 Å². The Labute approximate surface area is 103 Å². The second-order valence-electron chi connectivity index (χ2n) is 4.70. The first kappa shape index (κ1) is 14.9. The van der Waals surface area contributed by atoms with Gasteiger partial charge in [0.1, 0.15) is 5.60 Å². The van der Waals surface area contributed by atoms with Crippen LogP contribution in [0.1, 0.15) is 26.7 Å². The zero-order valence-electron chi connectivity index (χ0n) is 10.6. The average molecular weight is 265 g/mol. The number of aliphatic hydroxyl groups is 1. The van der Waals surface area contributed by atoms with Crippen LogP contribution in [0.4, 0.5) is 0 Å². The number of hydrogen-bond acceptors (Lipinski definition) is 5. The maximum Gasteiger partial charge on any atom is 0.151 e. The predicted octanol–water partition coefficient (Wildman–Crippen LogP) is -0.0593. The van der Waals surface area contributed by atoms with Crippen molar-refractivity contribution >= 4 is 9.84 Å². The van der Waals surface area contributed by atoms with Gasteiger partial charge in [-0.1, -0.05) is 6.92 Å². The lowest BCUT2D eigenvalue weighted by Gasteiger charge is -2.26. The fourth-order valence-electron chi connectivity index (χ4n) is 1.95. The van der Waals surface area contributed by atoms with Gasteiger partial charge in [0.05, 0.1) is 11.9 Å². The third-order valence-electron chi connectivity index (χ3n) is 3.20. The monoisotopic (exact) mass is 265 g/mol. The molecule has 0 spiro atoms. The molecule has 1 fully saturated rings. The minimum absolute atomic E-state index is 0.131. The topological polar surface area (TPSA) is 75.6 Å². The second-order valence-corrected chi connectivity index (χ2v) is 7.00.